The lowest BCUT2D eigenvalue weighted by Crippen LogP contribution is -1.98. The van der Waals surface area contributed by atoms with Gasteiger partial charge in [-0.1, -0.05) is 58.3 Å². The number of aromatic nitrogens is 2. The van der Waals surface area contributed by atoms with Gasteiger partial charge in [0.15, 0.2) is 0 Å². The van der Waals surface area contributed by atoms with Crippen LogP contribution < -0.4 is 0 Å². The van der Waals surface area contributed by atoms with E-state index in [1.54, 1.807) is 12.4 Å². The Balaban J connectivity index is 1.98. The molecule has 102 valence electrons. The number of nitrogens with zero attached hydrogens (tertiary/aromatic N) is 2. The Morgan fingerprint density at radius 2 is 1.50 bits per heavy atom. The highest BCUT2D eigenvalue weighted by Gasteiger charge is 2.06. The highest BCUT2D eigenvalue weighted by molar-refractivity contribution is 5.05. The van der Waals surface area contributed by atoms with Crippen LogP contribution in [0.25, 0.3) is 0 Å². The minimum atomic E-state index is -0.397. The van der Waals surface area contributed by atoms with Crippen molar-refractivity contribution >= 4 is 0 Å². The van der Waals surface area contributed by atoms with Crippen molar-refractivity contribution in [1.82, 2.24) is 9.97 Å². The van der Waals surface area contributed by atoms with Gasteiger partial charge in [-0.2, -0.15) is 0 Å². The van der Waals surface area contributed by atoms with Gasteiger partial charge in [-0.25, -0.2) is 9.97 Å². The minimum absolute atomic E-state index is 0.397. The zero-order chi connectivity index (χ0) is 13.1. The second kappa shape index (κ2) is 10.0. The quantitative estimate of drug-likeness (QED) is 0.637. The van der Waals surface area contributed by atoms with Crippen molar-refractivity contribution in [2.75, 3.05) is 0 Å². The molecule has 0 saturated heterocycles. The van der Waals surface area contributed by atoms with E-state index >= 15 is 0 Å². The Hall–Kier alpha value is -0.960. The zero-order valence-electron chi connectivity index (χ0n) is 11.5. The molecule has 0 aliphatic carbocycles. The minimum Gasteiger partial charge on any atom is -0.388 e. The van der Waals surface area contributed by atoms with Crippen LogP contribution in [0.3, 0.4) is 0 Å². The highest BCUT2D eigenvalue weighted by atomic mass is 16.3. The lowest BCUT2D eigenvalue weighted by molar-refractivity contribution is 0.162. The Morgan fingerprint density at radius 1 is 0.944 bits per heavy atom. The van der Waals surface area contributed by atoms with Gasteiger partial charge in [-0.05, 0) is 6.42 Å². The van der Waals surface area contributed by atoms with Gasteiger partial charge in [0, 0.05) is 18.0 Å². The summed E-state index contributed by atoms with van der Waals surface area (Å²) in [7, 11) is 0. The predicted octanol–water partition coefficient (Wildman–Crippen LogP) is 4.04. The maximum absolute atomic E-state index is 9.91. The summed E-state index contributed by atoms with van der Waals surface area (Å²) in [6.07, 6.45) is 15.7. The molecule has 0 amide bonds. The van der Waals surface area contributed by atoms with Crippen molar-refractivity contribution < 1.29 is 5.11 Å². The largest absolute Gasteiger partial charge is 0.388 e. The average molecular weight is 250 g/mol. The molecule has 1 unspecified atom stereocenters. The third kappa shape index (κ3) is 6.70. The van der Waals surface area contributed by atoms with Gasteiger partial charge >= 0.3 is 0 Å². The van der Waals surface area contributed by atoms with Gasteiger partial charge in [0.2, 0.25) is 0 Å². The first-order chi connectivity index (χ1) is 8.84. The van der Waals surface area contributed by atoms with Crippen molar-refractivity contribution in [3.05, 3.63) is 24.3 Å². The van der Waals surface area contributed by atoms with Gasteiger partial charge in [-0.15, -0.1) is 0 Å². The van der Waals surface area contributed by atoms with Crippen LogP contribution in [-0.2, 0) is 0 Å². The molecule has 1 aromatic rings. The molecule has 0 saturated carbocycles. The van der Waals surface area contributed by atoms with E-state index in [4.69, 9.17) is 0 Å². The van der Waals surface area contributed by atoms with Crippen LogP contribution >= 0.6 is 0 Å². The molecule has 0 bridgehead atoms. The normalized spacial score (nSPS) is 12.6. The molecule has 3 heteroatoms. The molecule has 0 aromatic carbocycles. The molecule has 1 rings (SSSR count). The van der Waals surface area contributed by atoms with Crippen molar-refractivity contribution in [1.29, 1.82) is 0 Å². The Kier molecular flexibility index (Phi) is 8.40. The van der Waals surface area contributed by atoms with Crippen molar-refractivity contribution in [3.8, 4) is 0 Å². The van der Waals surface area contributed by atoms with Crippen LogP contribution in [0.15, 0.2) is 18.7 Å². The van der Waals surface area contributed by atoms with E-state index in [2.05, 4.69) is 16.9 Å². The monoisotopic (exact) mass is 250 g/mol. The van der Waals surface area contributed by atoms with E-state index in [1.807, 2.05) is 0 Å². The van der Waals surface area contributed by atoms with Crippen LogP contribution in [0.5, 0.6) is 0 Å². The van der Waals surface area contributed by atoms with Crippen LogP contribution in [-0.4, -0.2) is 15.1 Å². The lowest BCUT2D eigenvalue weighted by Gasteiger charge is -2.09. The first-order valence-electron chi connectivity index (χ1n) is 7.27. The van der Waals surface area contributed by atoms with Gasteiger partial charge in [-0.3, -0.25) is 0 Å². The summed E-state index contributed by atoms with van der Waals surface area (Å²) in [5, 5.41) is 9.91. The molecule has 1 N–H and O–H groups in total. The zero-order valence-corrected chi connectivity index (χ0v) is 11.5. The SMILES string of the molecule is CCCCCCCCCCC(O)c1cncnc1. The van der Waals surface area contributed by atoms with Gasteiger partial charge in [0.05, 0.1) is 6.10 Å². The Labute approximate surface area is 111 Å². The fourth-order valence-corrected chi connectivity index (χ4v) is 2.12. The predicted molar refractivity (Wildman–Crippen MR) is 74.2 cm³/mol. The van der Waals surface area contributed by atoms with E-state index in [1.165, 1.54) is 51.3 Å². The van der Waals surface area contributed by atoms with Gasteiger partial charge in [0.1, 0.15) is 6.33 Å². The summed E-state index contributed by atoms with van der Waals surface area (Å²) >= 11 is 0. The molecule has 0 aliphatic rings. The van der Waals surface area contributed by atoms with Crippen molar-refractivity contribution in [2.24, 2.45) is 0 Å². The van der Waals surface area contributed by atoms with Crippen LogP contribution in [0.1, 0.15) is 76.4 Å². The second-order valence-electron chi connectivity index (χ2n) is 4.95. The molecule has 18 heavy (non-hydrogen) atoms. The topological polar surface area (TPSA) is 46.0 Å². The Morgan fingerprint density at radius 3 is 2.11 bits per heavy atom. The number of hydrogen-bond donors (Lipinski definition) is 1. The molecular weight excluding hydrogens is 224 g/mol. The fraction of sp³-hybridized carbons (Fsp3) is 0.733. The van der Waals surface area contributed by atoms with Crippen molar-refractivity contribution in [3.63, 3.8) is 0 Å². The number of unbranched alkanes of at least 4 members (excludes halogenated alkanes) is 7. The first kappa shape index (κ1) is 15.1. The smallest absolute Gasteiger partial charge is 0.115 e. The summed E-state index contributed by atoms with van der Waals surface area (Å²) in [4.78, 5) is 7.84. The van der Waals surface area contributed by atoms with E-state index < -0.39 is 6.10 Å². The Bertz CT molecular complexity index is 290. The van der Waals surface area contributed by atoms with E-state index in [0.717, 1.165) is 18.4 Å². The maximum Gasteiger partial charge on any atom is 0.115 e. The molecule has 0 spiro atoms. The van der Waals surface area contributed by atoms with Crippen LogP contribution in [0.2, 0.25) is 0 Å². The van der Waals surface area contributed by atoms with Crippen molar-refractivity contribution in [2.45, 2.75) is 70.8 Å². The number of hydrogen-bond acceptors (Lipinski definition) is 3. The first-order valence-corrected chi connectivity index (χ1v) is 7.27. The fourth-order valence-electron chi connectivity index (χ4n) is 2.12. The summed E-state index contributed by atoms with van der Waals surface area (Å²) < 4.78 is 0. The molecule has 0 fully saturated rings. The molecule has 0 aliphatic heterocycles. The van der Waals surface area contributed by atoms with E-state index in [9.17, 15) is 5.11 Å². The average Bonchev–Trinajstić information content (AvgIpc) is 2.42. The summed E-state index contributed by atoms with van der Waals surface area (Å²) in [6, 6.07) is 0. The lowest BCUT2D eigenvalue weighted by atomic mass is 10.0. The van der Waals surface area contributed by atoms with Gasteiger partial charge in [0.25, 0.3) is 0 Å². The molecule has 1 heterocycles. The summed E-state index contributed by atoms with van der Waals surface area (Å²) in [5.74, 6) is 0. The van der Waals surface area contributed by atoms with Crippen LogP contribution in [0, 0.1) is 0 Å². The highest BCUT2D eigenvalue weighted by Crippen LogP contribution is 2.18. The summed E-state index contributed by atoms with van der Waals surface area (Å²) in [5.41, 5.74) is 0.834. The molecule has 1 aromatic heterocycles. The van der Waals surface area contributed by atoms with Gasteiger partial charge < -0.3 is 5.11 Å². The molecule has 1 atom stereocenters. The molecular formula is C15H26N2O. The second-order valence-corrected chi connectivity index (χ2v) is 4.95. The van der Waals surface area contributed by atoms with E-state index in [0.29, 0.717) is 0 Å². The molecule has 3 nitrogen and oxygen atoms in total. The van der Waals surface area contributed by atoms with E-state index in [-0.39, 0.29) is 0 Å². The van der Waals surface area contributed by atoms with Crippen LogP contribution in [0.4, 0.5) is 0 Å². The molecule has 0 radical (unpaired) electrons. The number of rotatable bonds is 10. The standard InChI is InChI=1S/C15H26N2O/c1-2-3-4-5-6-7-8-9-10-15(18)14-11-16-13-17-12-14/h11-13,15,18H,2-10H2,1H3. The third-order valence-electron chi connectivity index (χ3n) is 3.30. The number of aliphatic hydroxyl groups excluding tert-OH is 1. The summed E-state index contributed by atoms with van der Waals surface area (Å²) in [6.45, 7) is 2.24. The third-order valence-corrected chi connectivity index (χ3v) is 3.30. The number of aliphatic hydroxyl groups is 1. The maximum atomic E-state index is 9.91.